The Hall–Kier alpha value is -2.54. The first-order valence-electron chi connectivity index (χ1n) is 8.99. The molecule has 7 nitrogen and oxygen atoms in total. The number of hydrogen-bond acceptors (Lipinski definition) is 5. The molecule has 1 aromatic carbocycles. The van der Waals surface area contributed by atoms with Gasteiger partial charge in [0.1, 0.15) is 6.04 Å². The molecular weight excluding hydrogens is 336 g/mol. The van der Waals surface area contributed by atoms with Crippen LogP contribution in [0.15, 0.2) is 18.2 Å². The molecule has 0 spiro atoms. The molecular formula is C19H20N2O5. The van der Waals surface area contributed by atoms with Crippen LogP contribution in [0.5, 0.6) is 0 Å². The number of imide groups is 2. The summed E-state index contributed by atoms with van der Waals surface area (Å²) in [6, 6.07) is 3.88. The van der Waals surface area contributed by atoms with Crippen LogP contribution in [-0.4, -0.2) is 39.7 Å². The molecule has 1 aliphatic carbocycles. The fourth-order valence-electron chi connectivity index (χ4n) is 4.19. The highest BCUT2D eigenvalue weighted by molar-refractivity contribution is 6.23. The summed E-state index contributed by atoms with van der Waals surface area (Å²) in [6.07, 6.45) is 4.40. The molecule has 0 bridgehead atoms. The first kappa shape index (κ1) is 16.9. The molecule has 2 N–H and O–H groups in total. The van der Waals surface area contributed by atoms with E-state index in [0.717, 1.165) is 24.2 Å². The lowest BCUT2D eigenvalue weighted by Crippen LogP contribution is -2.54. The van der Waals surface area contributed by atoms with Gasteiger partial charge in [0.2, 0.25) is 11.8 Å². The molecule has 1 saturated heterocycles. The number of carbonyl (C=O) groups is 4. The van der Waals surface area contributed by atoms with E-state index in [-0.39, 0.29) is 24.0 Å². The highest BCUT2D eigenvalue weighted by atomic mass is 16.3. The molecule has 4 rings (SSSR count). The van der Waals surface area contributed by atoms with Gasteiger partial charge in [-0.3, -0.25) is 29.4 Å². The average molecular weight is 356 g/mol. The van der Waals surface area contributed by atoms with Crippen molar-refractivity contribution in [3.8, 4) is 0 Å². The van der Waals surface area contributed by atoms with Crippen molar-refractivity contribution in [2.75, 3.05) is 0 Å². The summed E-state index contributed by atoms with van der Waals surface area (Å²) in [5.41, 5.74) is 0.125. The van der Waals surface area contributed by atoms with E-state index in [1.807, 2.05) is 0 Å². The summed E-state index contributed by atoms with van der Waals surface area (Å²) in [5.74, 6) is -2.09. The maximum absolute atomic E-state index is 12.8. The Morgan fingerprint density at radius 3 is 2.38 bits per heavy atom. The lowest BCUT2D eigenvalue weighted by atomic mass is 9.79. The van der Waals surface area contributed by atoms with E-state index in [9.17, 15) is 24.3 Å². The molecule has 3 aliphatic rings. The van der Waals surface area contributed by atoms with Gasteiger partial charge < -0.3 is 5.11 Å². The van der Waals surface area contributed by atoms with Crippen molar-refractivity contribution in [1.82, 2.24) is 10.2 Å². The highest BCUT2D eigenvalue weighted by Gasteiger charge is 2.45. The van der Waals surface area contributed by atoms with Crippen molar-refractivity contribution in [3.05, 3.63) is 34.9 Å². The molecule has 1 unspecified atom stereocenters. The van der Waals surface area contributed by atoms with Gasteiger partial charge in [-0.1, -0.05) is 25.3 Å². The SMILES string of the molecule is O=C1CCC(N2C(=O)c3ccc(C4(O)CCCCC4)cc3C2=O)C(=O)N1. The van der Waals surface area contributed by atoms with Gasteiger partial charge in [0.25, 0.3) is 11.8 Å². The number of hydrogen-bond donors (Lipinski definition) is 2. The maximum atomic E-state index is 12.8. The third-order valence-corrected chi connectivity index (χ3v) is 5.66. The van der Waals surface area contributed by atoms with Crippen molar-refractivity contribution in [2.45, 2.75) is 56.6 Å². The quantitative estimate of drug-likeness (QED) is 0.776. The highest BCUT2D eigenvalue weighted by Crippen LogP contribution is 2.39. The molecule has 7 heteroatoms. The van der Waals surface area contributed by atoms with Gasteiger partial charge in [0.15, 0.2) is 0 Å². The molecule has 4 amide bonds. The van der Waals surface area contributed by atoms with Gasteiger partial charge in [-0.05, 0) is 37.0 Å². The standard InChI is InChI=1S/C19H20N2O5/c22-15-7-6-14(16(23)20-15)21-17(24)12-5-4-11(10-13(12)18(21)25)19(26)8-2-1-3-9-19/h4-5,10,14,26H,1-3,6-9H2,(H,20,22,23). The van der Waals surface area contributed by atoms with Gasteiger partial charge in [0.05, 0.1) is 16.7 Å². The fourth-order valence-corrected chi connectivity index (χ4v) is 4.19. The number of amides is 4. The van der Waals surface area contributed by atoms with Crippen LogP contribution in [0.3, 0.4) is 0 Å². The summed E-state index contributed by atoms with van der Waals surface area (Å²) >= 11 is 0. The van der Waals surface area contributed by atoms with Crippen molar-refractivity contribution >= 4 is 23.6 Å². The first-order valence-corrected chi connectivity index (χ1v) is 8.99. The largest absolute Gasteiger partial charge is 0.385 e. The summed E-state index contributed by atoms with van der Waals surface area (Å²) in [4.78, 5) is 49.9. The summed E-state index contributed by atoms with van der Waals surface area (Å²) in [6.45, 7) is 0. The fraction of sp³-hybridized carbons (Fsp3) is 0.474. The second-order valence-corrected chi connectivity index (χ2v) is 7.30. The smallest absolute Gasteiger partial charge is 0.262 e. The van der Waals surface area contributed by atoms with Gasteiger partial charge in [-0.25, -0.2) is 0 Å². The van der Waals surface area contributed by atoms with Crippen molar-refractivity contribution < 1.29 is 24.3 Å². The van der Waals surface area contributed by atoms with E-state index < -0.39 is 35.3 Å². The van der Waals surface area contributed by atoms with Gasteiger partial charge in [0, 0.05) is 6.42 Å². The number of rotatable bonds is 2. The third-order valence-electron chi connectivity index (χ3n) is 5.66. The average Bonchev–Trinajstić information content (AvgIpc) is 2.87. The molecule has 136 valence electrons. The van der Waals surface area contributed by atoms with E-state index >= 15 is 0 Å². The van der Waals surface area contributed by atoms with E-state index in [1.54, 1.807) is 18.2 Å². The Labute approximate surface area is 150 Å². The van der Waals surface area contributed by atoms with Crippen LogP contribution in [0.1, 0.15) is 71.2 Å². The van der Waals surface area contributed by atoms with Crippen LogP contribution in [0.2, 0.25) is 0 Å². The van der Waals surface area contributed by atoms with Crippen LogP contribution < -0.4 is 5.32 Å². The Balaban J connectivity index is 1.66. The molecule has 2 heterocycles. The van der Waals surface area contributed by atoms with Gasteiger partial charge >= 0.3 is 0 Å². The zero-order valence-electron chi connectivity index (χ0n) is 14.3. The molecule has 0 radical (unpaired) electrons. The molecule has 1 aromatic rings. The lowest BCUT2D eigenvalue weighted by Gasteiger charge is -2.32. The summed E-state index contributed by atoms with van der Waals surface area (Å²) in [5, 5.41) is 13.1. The minimum absolute atomic E-state index is 0.0921. The monoisotopic (exact) mass is 356 g/mol. The van der Waals surface area contributed by atoms with Crippen LogP contribution in [0.25, 0.3) is 0 Å². The zero-order valence-corrected chi connectivity index (χ0v) is 14.3. The Kier molecular flexibility index (Phi) is 3.91. The molecule has 1 atom stereocenters. The number of carbonyl (C=O) groups excluding carboxylic acids is 4. The predicted octanol–water partition coefficient (Wildman–Crippen LogP) is 1.24. The van der Waals surface area contributed by atoms with Crippen LogP contribution in [0, 0.1) is 0 Å². The van der Waals surface area contributed by atoms with Gasteiger partial charge in [-0.15, -0.1) is 0 Å². The van der Waals surface area contributed by atoms with Crippen molar-refractivity contribution in [3.63, 3.8) is 0 Å². The number of piperidine rings is 1. The van der Waals surface area contributed by atoms with E-state index in [2.05, 4.69) is 5.32 Å². The topological polar surface area (TPSA) is 104 Å². The Bertz CT molecular complexity index is 825. The molecule has 2 fully saturated rings. The number of benzene rings is 1. The number of nitrogens with one attached hydrogen (secondary N) is 1. The normalized spacial score (nSPS) is 25.3. The van der Waals surface area contributed by atoms with Crippen molar-refractivity contribution in [1.29, 1.82) is 0 Å². The number of fused-ring (bicyclic) bond motifs is 1. The van der Waals surface area contributed by atoms with Gasteiger partial charge in [-0.2, -0.15) is 0 Å². The van der Waals surface area contributed by atoms with Crippen LogP contribution in [-0.2, 0) is 15.2 Å². The first-order chi connectivity index (χ1) is 12.4. The molecule has 0 aromatic heterocycles. The minimum Gasteiger partial charge on any atom is -0.385 e. The van der Waals surface area contributed by atoms with Crippen molar-refractivity contribution in [2.24, 2.45) is 0 Å². The predicted molar refractivity (Wildman–Crippen MR) is 90.1 cm³/mol. The van der Waals surface area contributed by atoms with E-state index in [0.29, 0.717) is 18.4 Å². The Morgan fingerprint density at radius 2 is 1.69 bits per heavy atom. The molecule has 2 aliphatic heterocycles. The van der Waals surface area contributed by atoms with Crippen LogP contribution >= 0.6 is 0 Å². The number of nitrogens with zero attached hydrogens (tertiary/aromatic N) is 1. The van der Waals surface area contributed by atoms with Crippen LogP contribution in [0.4, 0.5) is 0 Å². The Morgan fingerprint density at radius 1 is 1.00 bits per heavy atom. The van der Waals surface area contributed by atoms with E-state index in [4.69, 9.17) is 0 Å². The third kappa shape index (κ3) is 2.54. The second-order valence-electron chi connectivity index (χ2n) is 7.30. The lowest BCUT2D eigenvalue weighted by molar-refractivity contribution is -0.136. The van der Waals surface area contributed by atoms with E-state index in [1.165, 1.54) is 0 Å². The summed E-state index contributed by atoms with van der Waals surface area (Å²) < 4.78 is 0. The summed E-state index contributed by atoms with van der Waals surface area (Å²) in [7, 11) is 0. The second kappa shape index (κ2) is 6.02. The molecule has 1 saturated carbocycles. The molecule has 26 heavy (non-hydrogen) atoms. The number of aliphatic hydroxyl groups is 1. The maximum Gasteiger partial charge on any atom is 0.262 e. The zero-order chi connectivity index (χ0) is 18.5. The minimum atomic E-state index is -0.974.